The van der Waals surface area contributed by atoms with Crippen LogP contribution in [0.4, 0.5) is 5.69 Å². The number of fused-ring (bicyclic) bond motifs is 1. The summed E-state index contributed by atoms with van der Waals surface area (Å²) in [5.74, 6) is 0. The zero-order chi connectivity index (χ0) is 15.0. The van der Waals surface area contributed by atoms with Gasteiger partial charge in [-0.1, -0.05) is 23.2 Å². The number of nitrogens with one attached hydrogen (secondary N) is 1. The summed E-state index contributed by atoms with van der Waals surface area (Å²) in [7, 11) is -3.76. The Morgan fingerprint density at radius 1 is 1.14 bits per heavy atom. The van der Waals surface area contributed by atoms with Gasteiger partial charge in [0.2, 0.25) is 0 Å². The summed E-state index contributed by atoms with van der Waals surface area (Å²) >= 11 is 13.1. The summed E-state index contributed by atoms with van der Waals surface area (Å²) in [5, 5.41) is 3.09. The van der Waals surface area contributed by atoms with Crippen LogP contribution in [-0.4, -0.2) is 13.4 Å². The number of thiophene rings is 1. The average molecular weight is 359 g/mol. The van der Waals surface area contributed by atoms with Crippen LogP contribution in [0.1, 0.15) is 0 Å². The zero-order valence-corrected chi connectivity index (χ0v) is 13.5. The zero-order valence-electron chi connectivity index (χ0n) is 10.4. The van der Waals surface area contributed by atoms with E-state index in [9.17, 15) is 8.42 Å². The molecule has 0 spiro atoms. The number of benzene rings is 1. The molecule has 0 aliphatic carbocycles. The number of rotatable bonds is 3. The summed E-state index contributed by atoms with van der Waals surface area (Å²) < 4.78 is 28.2. The highest BCUT2D eigenvalue weighted by Crippen LogP contribution is 2.27. The largest absolute Gasteiger partial charge is 0.280 e. The summed E-state index contributed by atoms with van der Waals surface area (Å²) in [4.78, 5) is 3.70. The lowest BCUT2D eigenvalue weighted by atomic mass is 10.2. The smallest absolute Gasteiger partial charge is 0.263 e. The van der Waals surface area contributed by atoms with Crippen LogP contribution in [-0.2, 0) is 10.0 Å². The highest BCUT2D eigenvalue weighted by atomic mass is 35.5. The molecule has 0 aliphatic rings. The molecule has 0 saturated heterocycles. The van der Waals surface area contributed by atoms with Gasteiger partial charge in [-0.05, 0) is 41.1 Å². The van der Waals surface area contributed by atoms with E-state index in [0.717, 1.165) is 10.1 Å². The molecule has 0 atom stereocenters. The Morgan fingerprint density at radius 3 is 2.71 bits per heavy atom. The second kappa shape index (κ2) is 5.46. The summed E-state index contributed by atoms with van der Waals surface area (Å²) in [6.45, 7) is 0. The van der Waals surface area contributed by atoms with Crippen LogP contribution in [0.2, 0.25) is 10.2 Å². The van der Waals surface area contributed by atoms with Crippen molar-refractivity contribution in [2.24, 2.45) is 0 Å². The first-order valence-corrected chi connectivity index (χ1v) is 8.89. The van der Waals surface area contributed by atoms with Gasteiger partial charge in [0.15, 0.2) is 0 Å². The number of anilines is 1. The number of nitrogens with zero attached hydrogens (tertiary/aromatic N) is 1. The van der Waals surface area contributed by atoms with Gasteiger partial charge in [0.05, 0.1) is 5.02 Å². The molecule has 8 heteroatoms. The van der Waals surface area contributed by atoms with Crippen molar-refractivity contribution in [3.8, 4) is 0 Å². The van der Waals surface area contributed by atoms with E-state index >= 15 is 0 Å². The Morgan fingerprint density at radius 2 is 1.95 bits per heavy atom. The molecule has 2 aromatic heterocycles. The number of halogens is 2. The van der Waals surface area contributed by atoms with Gasteiger partial charge in [0.25, 0.3) is 10.0 Å². The number of pyridine rings is 1. The molecule has 1 N–H and O–H groups in total. The quantitative estimate of drug-likeness (QED) is 0.705. The van der Waals surface area contributed by atoms with Gasteiger partial charge >= 0.3 is 0 Å². The van der Waals surface area contributed by atoms with E-state index in [4.69, 9.17) is 23.2 Å². The van der Waals surface area contributed by atoms with Crippen LogP contribution in [0.5, 0.6) is 0 Å². The summed E-state index contributed by atoms with van der Waals surface area (Å²) in [5.41, 5.74) is 0.479. The molecule has 0 saturated carbocycles. The maximum absolute atomic E-state index is 12.3. The Hall–Kier alpha value is -1.34. The topological polar surface area (TPSA) is 59.1 Å². The second-order valence-electron chi connectivity index (χ2n) is 4.22. The third-order valence-electron chi connectivity index (χ3n) is 2.79. The van der Waals surface area contributed by atoms with E-state index in [1.54, 1.807) is 23.5 Å². The number of hydrogen-bond acceptors (Lipinski definition) is 4. The highest BCUT2D eigenvalue weighted by Gasteiger charge is 2.16. The van der Waals surface area contributed by atoms with E-state index < -0.39 is 10.0 Å². The number of aromatic nitrogens is 1. The van der Waals surface area contributed by atoms with E-state index in [-0.39, 0.29) is 15.1 Å². The van der Waals surface area contributed by atoms with Crippen molar-refractivity contribution in [1.82, 2.24) is 4.98 Å². The van der Waals surface area contributed by atoms with Crippen molar-refractivity contribution in [2.45, 2.75) is 4.90 Å². The SMILES string of the molecule is O=S(=O)(Nc1ccc2sccc2c1)c1cnc(Cl)c(Cl)c1. The molecule has 0 amide bonds. The van der Waals surface area contributed by atoms with Crippen molar-refractivity contribution in [2.75, 3.05) is 4.72 Å². The molecule has 4 nitrogen and oxygen atoms in total. The van der Waals surface area contributed by atoms with E-state index in [2.05, 4.69) is 9.71 Å². The molecule has 108 valence electrons. The molecule has 0 aliphatic heterocycles. The highest BCUT2D eigenvalue weighted by molar-refractivity contribution is 7.92. The van der Waals surface area contributed by atoms with Gasteiger partial charge < -0.3 is 0 Å². The predicted molar refractivity (Wildman–Crippen MR) is 86.9 cm³/mol. The van der Waals surface area contributed by atoms with Crippen LogP contribution < -0.4 is 4.72 Å². The van der Waals surface area contributed by atoms with Gasteiger partial charge in [-0.2, -0.15) is 0 Å². The van der Waals surface area contributed by atoms with Gasteiger partial charge in [-0.25, -0.2) is 13.4 Å². The van der Waals surface area contributed by atoms with Crippen molar-refractivity contribution in [3.63, 3.8) is 0 Å². The standard InChI is InChI=1S/C13H8Cl2N2O2S2/c14-11-6-10(7-16-13(11)15)21(18,19)17-9-1-2-12-8(5-9)3-4-20-12/h1-7,17H. The first-order valence-electron chi connectivity index (χ1n) is 5.77. The van der Waals surface area contributed by atoms with Gasteiger partial charge in [0, 0.05) is 16.6 Å². The molecule has 1 aromatic carbocycles. The summed E-state index contributed by atoms with van der Waals surface area (Å²) in [6, 6.07) is 8.54. The molecule has 0 radical (unpaired) electrons. The van der Waals surface area contributed by atoms with Crippen molar-refractivity contribution < 1.29 is 8.42 Å². The van der Waals surface area contributed by atoms with Crippen LogP contribution in [0.3, 0.4) is 0 Å². The molecule has 3 rings (SSSR count). The van der Waals surface area contributed by atoms with Crippen molar-refractivity contribution in [3.05, 3.63) is 52.1 Å². The Balaban J connectivity index is 1.96. The lowest BCUT2D eigenvalue weighted by molar-refractivity contribution is 0.601. The Kier molecular flexibility index (Phi) is 3.79. The molecule has 2 heterocycles. The number of sulfonamides is 1. The van der Waals surface area contributed by atoms with E-state index in [1.165, 1.54) is 12.3 Å². The monoisotopic (exact) mass is 358 g/mol. The molecule has 3 aromatic rings. The fourth-order valence-electron chi connectivity index (χ4n) is 1.79. The number of hydrogen-bond donors (Lipinski definition) is 1. The van der Waals surface area contributed by atoms with Crippen molar-refractivity contribution >= 4 is 60.3 Å². The predicted octanol–water partition coefficient (Wildman–Crippen LogP) is 4.40. The van der Waals surface area contributed by atoms with Gasteiger partial charge in [0.1, 0.15) is 10.0 Å². The van der Waals surface area contributed by atoms with Crippen LogP contribution >= 0.6 is 34.5 Å². The molecular formula is C13H8Cl2N2O2S2. The third-order valence-corrected chi connectivity index (χ3v) is 5.72. The maximum Gasteiger partial charge on any atom is 0.263 e. The minimum atomic E-state index is -3.76. The van der Waals surface area contributed by atoms with Gasteiger partial charge in [-0.3, -0.25) is 4.72 Å². The third kappa shape index (κ3) is 2.98. The molecule has 0 bridgehead atoms. The van der Waals surface area contributed by atoms with E-state index in [0.29, 0.717) is 5.69 Å². The fraction of sp³-hybridized carbons (Fsp3) is 0. The van der Waals surface area contributed by atoms with Crippen LogP contribution in [0.15, 0.2) is 46.8 Å². The van der Waals surface area contributed by atoms with Crippen LogP contribution in [0, 0.1) is 0 Å². The van der Waals surface area contributed by atoms with E-state index in [1.807, 2.05) is 17.5 Å². The first kappa shape index (κ1) is 14.6. The van der Waals surface area contributed by atoms with Gasteiger partial charge in [-0.15, -0.1) is 11.3 Å². The molecule has 21 heavy (non-hydrogen) atoms. The Bertz CT molecular complexity index is 923. The van der Waals surface area contributed by atoms with Crippen LogP contribution in [0.25, 0.3) is 10.1 Å². The lowest BCUT2D eigenvalue weighted by Crippen LogP contribution is -2.13. The second-order valence-corrected chi connectivity index (χ2v) is 7.62. The Labute approximate surface area is 135 Å². The minimum Gasteiger partial charge on any atom is -0.280 e. The normalized spacial score (nSPS) is 11.7. The molecular weight excluding hydrogens is 351 g/mol. The summed E-state index contributed by atoms with van der Waals surface area (Å²) in [6.07, 6.45) is 1.17. The average Bonchev–Trinajstić information content (AvgIpc) is 2.88. The molecule has 0 fully saturated rings. The minimum absolute atomic E-state index is 0.0395. The fourth-order valence-corrected chi connectivity index (χ4v) is 3.92. The molecule has 0 unspecified atom stereocenters. The maximum atomic E-state index is 12.3. The lowest BCUT2D eigenvalue weighted by Gasteiger charge is -2.08. The van der Waals surface area contributed by atoms with Crippen molar-refractivity contribution in [1.29, 1.82) is 0 Å². The first-order chi connectivity index (χ1) is 9.95.